The summed E-state index contributed by atoms with van der Waals surface area (Å²) in [6.07, 6.45) is 5.99. The Morgan fingerprint density at radius 1 is 1.43 bits per heavy atom. The molecule has 2 rings (SSSR count). The van der Waals surface area contributed by atoms with Crippen LogP contribution in [0.25, 0.3) is 0 Å². The highest BCUT2D eigenvalue weighted by atomic mass is 32.2. The fourth-order valence-electron chi connectivity index (χ4n) is 2.57. The predicted molar refractivity (Wildman–Crippen MR) is 85.9 cm³/mol. The van der Waals surface area contributed by atoms with Crippen LogP contribution < -0.4 is 4.72 Å². The van der Waals surface area contributed by atoms with Crippen LogP contribution in [0.15, 0.2) is 10.3 Å². The Balaban J connectivity index is 2.21. The van der Waals surface area contributed by atoms with Crippen LogP contribution in [0.1, 0.15) is 40.9 Å². The topological polar surface area (TPSA) is 83.5 Å². The first-order valence-electron chi connectivity index (χ1n) is 6.74. The van der Waals surface area contributed by atoms with Crippen molar-refractivity contribution in [3.63, 3.8) is 0 Å². The molecule has 1 heterocycles. The molecule has 2 atom stereocenters. The summed E-state index contributed by atoms with van der Waals surface area (Å²) in [6.45, 7) is 1.62. The summed E-state index contributed by atoms with van der Waals surface area (Å²) in [5.41, 5.74) is 0.484. The van der Waals surface area contributed by atoms with E-state index in [1.807, 2.05) is 6.26 Å². The zero-order valence-corrected chi connectivity index (χ0v) is 14.4. The van der Waals surface area contributed by atoms with Crippen LogP contribution in [-0.2, 0) is 10.0 Å². The maximum Gasteiger partial charge on any atom is 0.346 e. The van der Waals surface area contributed by atoms with Crippen molar-refractivity contribution in [2.45, 2.75) is 48.1 Å². The molecule has 0 amide bonds. The maximum absolute atomic E-state index is 12.4. The van der Waals surface area contributed by atoms with Gasteiger partial charge in [0.1, 0.15) is 9.09 Å². The van der Waals surface area contributed by atoms with E-state index in [-0.39, 0.29) is 20.4 Å². The number of aromatic carboxylic acids is 1. The molecule has 5 nitrogen and oxygen atoms in total. The average molecular weight is 349 g/mol. The minimum absolute atomic E-state index is 0.0746. The molecule has 0 radical (unpaired) electrons. The molecule has 21 heavy (non-hydrogen) atoms. The SMILES string of the molecule is CSC1CCCCC1NS(=O)(=O)c1cc(C)c(C(=O)O)s1. The number of hydrogen-bond donors (Lipinski definition) is 2. The van der Waals surface area contributed by atoms with Crippen LogP contribution in [-0.4, -0.2) is 37.0 Å². The van der Waals surface area contributed by atoms with Gasteiger partial charge < -0.3 is 5.11 Å². The number of thiophene rings is 1. The van der Waals surface area contributed by atoms with Crippen molar-refractivity contribution in [3.05, 3.63) is 16.5 Å². The summed E-state index contributed by atoms with van der Waals surface area (Å²) in [7, 11) is -3.65. The Labute approximate surface area is 133 Å². The number of carboxylic acid groups (broad SMARTS) is 1. The molecule has 1 fully saturated rings. The standard InChI is InChI=1S/C13H19NO4S3/c1-8-7-11(20-12(8)13(15)16)21(17,18)14-9-5-3-4-6-10(9)19-2/h7,9-10,14H,3-6H2,1-2H3,(H,15,16). The van der Waals surface area contributed by atoms with Crippen molar-refractivity contribution >= 4 is 39.1 Å². The van der Waals surface area contributed by atoms with E-state index in [1.165, 1.54) is 6.07 Å². The molecule has 1 aliphatic rings. The molecule has 0 spiro atoms. The number of thioether (sulfide) groups is 1. The molecular formula is C13H19NO4S3. The van der Waals surface area contributed by atoms with E-state index in [2.05, 4.69) is 4.72 Å². The maximum atomic E-state index is 12.4. The second kappa shape index (κ2) is 6.68. The average Bonchev–Trinajstić information content (AvgIpc) is 2.82. The van der Waals surface area contributed by atoms with Crippen molar-refractivity contribution in [1.29, 1.82) is 0 Å². The number of rotatable bonds is 5. The molecule has 0 bridgehead atoms. The van der Waals surface area contributed by atoms with E-state index in [0.29, 0.717) is 5.56 Å². The van der Waals surface area contributed by atoms with Gasteiger partial charge in [0.2, 0.25) is 10.0 Å². The predicted octanol–water partition coefficient (Wildman–Crippen LogP) is 2.71. The Bertz CT molecular complexity index is 623. The van der Waals surface area contributed by atoms with Gasteiger partial charge in [-0.25, -0.2) is 17.9 Å². The van der Waals surface area contributed by atoms with Gasteiger partial charge >= 0.3 is 5.97 Å². The van der Waals surface area contributed by atoms with Crippen molar-refractivity contribution in [3.8, 4) is 0 Å². The Morgan fingerprint density at radius 3 is 2.67 bits per heavy atom. The van der Waals surface area contributed by atoms with Crippen LogP contribution >= 0.6 is 23.1 Å². The van der Waals surface area contributed by atoms with E-state index in [9.17, 15) is 13.2 Å². The van der Waals surface area contributed by atoms with Gasteiger partial charge in [0.15, 0.2) is 0 Å². The van der Waals surface area contributed by atoms with Crippen LogP contribution in [0.2, 0.25) is 0 Å². The molecule has 2 N–H and O–H groups in total. The lowest BCUT2D eigenvalue weighted by molar-refractivity contribution is 0.0701. The van der Waals surface area contributed by atoms with Gasteiger partial charge in [0, 0.05) is 11.3 Å². The third-order valence-electron chi connectivity index (χ3n) is 3.67. The van der Waals surface area contributed by atoms with Gasteiger partial charge in [-0.2, -0.15) is 11.8 Å². The molecule has 2 unspecified atom stereocenters. The minimum atomic E-state index is -3.65. The smallest absolute Gasteiger partial charge is 0.346 e. The molecule has 8 heteroatoms. The molecule has 1 aromatic rings. The summed E-state index contributed by atoms with van der Waals surface area (Å²) in [5.74, 6) is -1.08. The second-order valence-electron chi connectivity index (χ2n) is 5.17. The number of carboxylic acids is 1. The molecule has 0 saturated heterocycles. The molecule has 1 saturated carbocycles. The van der Waals surface area contributed by atoms with Gasteiger partial charge in [0.25, 0.3) is 0 Å². The highest BCUT2D eigenvalue weighted by Crippen LogP contribution is 2.30. The second-order valence-corrected chi connectivity index (χ2v) is 9.24. The number of aryl methyl sites for hydroxylation is 1. The van der Waals surface area contributed by atoms with Crippen molar-refractivity contribution in [1.82, 2.24) is 4.72 Å². The Morgan fingerprint density at radius 2 is 2.10 bits per heavy atom. The highest BCUT2D eigenvalue weighted by molar-refractivity contribution is 7.99. The first-order valence-corrected chi connectivity index (χ1v) is 10.3. The molecule has 0 aliphatic heterocycles. The number of nitrogens with one attached hydrogen (secondary N) is 1. The quantitative estimate of drug-likeness (QED) is 0.854. The van der Waals surface area contributed by atoms with Crippen LogP contribution in [0.3, 0.4) is 0 Å². The molecule has 1 aromatic heterocycles. The van der Waals surface area contributed by atoms with E-state index >= 15 is 0 Å². The molecule has 0 aromatic carbocycles. The lowest BCUT2D eigenvalue weighted by atomic mass is 9.96. The summed E-state index contributed by atoms with van der Waals surface area (Å²) in [4.78, 5) is 11.1. The van der Waals surface area contributed by atoms with Crippen LogP contribution in [0.5, 0.6) is 0 Å². The molecule has 1 aliphatic carbocycles. The van der Waals surface area contributed by atoms with Crippen molar-refractivity contribution < 1.29 is 18.3 Å². The van der Waals surface area contributed by atoms with E-state index in [4.69, 9.17) is 5.11 Å². The third kappa shape index (κ3) is 3.80. The largest absolute Gasteiger partial charge is 0.477 e. The molecule has 118 valence electrons. The number of sulfonamides is 1. The number of carbonyl (C=O) groups is 1. The van der Waals surface area contributed by atoms with Crippen molar-refractivity contribution in [2.75, 3.05) is 6.26 Å². The first kappa shape index (κ1) is 16.8. The van der Waals surface area contributed by atoms with Gasteiger partial charge in [-0.1, -0.05) is 12.8 Å². The van der Waals surface area contributed by atoms with Gasteiger partial charge in [-0.3, -0.25) is 0 Å². The first-order chi connectivity index (χ1) is 9.85. The summed E-state index contributed by atoms with van der Waals surface area (Å²) in [6, 6.07) is 1.36. The fraction of sp³-hybridized carbons (Fsp3) is 0.615. The van der Waals surface area contributed by atoms with E-state index < -0.39 is 16.0 Å². The lowest BCUT2D eigenvalue weighted by Gasteiger charge is -2.30. The zero-order valence-electron chi connectivity index (χ0n) is 12.0. The van der Waals surface area contributed by atoms with Gasteiger partial charge in [-0.05, 0) is 37.7 Å². The highest BCUT2D eigenvalue weighted by Gasteiger charge is 2.30. The third-order valence-corrected chi connectivity index (χ3v) is 8.02. The summed E-state index contributed by atoms with van der Waals surface area (Å²) < 4.78 is 27.7. The monoisotopic (exact) mass is 349 g/mol. The van der Waals surface area contributed by atoms with Crippen LogP contribution in [0, 0.1) is 6.92 Å². The van der Waals surface area contributed by atoms with Crippen LogP contribution in [0.4, 0.5) is 0 Å². The zero-order chi connectivity index (χ0) is 15.6. The van der Waals surface area contributed by atoms with Crippen molar-refractivity contribution in [2.24, 2.45) is 0 Å². The molecular weight excluding hydrogens is 330 g/mol. The van der Waals surface area contributed by atoms with E-state index in [1.54, 1.807) is 18.7 Å². The Hall–Kier alpha value is -0.570. The van der Waals surface area contributed by atoms with Gasteiger partial charge in [0.05, 0.1) is 0 Å². The normalized spacial score (nSPS) is 23.1. The Kier molecular flexibility index (Phi) is 5.34. The summed E-state index contributed by atoms with van der Waals surface area (Å²) >= 11 is 2.50. The number of hydrogen-bond acceptors (Lipinski definition) is 5. The summed E-state index contributed by atoms with van der Waals surface area (Å²) in [5, 5.41) is 9.32. The lowest BCUT2D eigenvalue weighted by Crippen LogP contribution is -2.43. The van der Waals surface area contributed by atoms with Gasteiger partial charge in [-0.15, -0.1) is 11.3 Å². The minimum Gasteiger partial charge on any atom is -0.477 e. The van der Waals surface area contributed by atoms with E-state index in [0.717, 1.165) is 37.0 Å². The fourth-order valence-corrected chi connectivity index (χ4v) is 6.30.